The summed E-state index contributed by atoms with van der Waals surface area (Å²) < 4.78 is 20.4. The van der Waals surface area contributed by atoms with Crippen molar-refractivity contribution in [1.29, 1.82) is 5.26 Å². The summed E-state index contributed by atoms with van der Waals surface area (Å²) in [6.07, 6.45) is 0. The lowest BCUT2D eigenvalue weighted by molar-refractivity contribution is -0.123. The van der Waals surface area contributed by atoms with Crippen LogP contribution in [0.15, 0.2) is 36.4 Å². The summed E-state index contributed by atoms with van der Waals surface area (Å²) in [5.41, 5.74) is 0.894. The van der Waals surface area contributed by atoms with Gasteiger partial charge in [0, 0.05) is 23.0 Å². The zero-order chi connectivity index (χ0) is 25.6. The number of rotatable bonds is 4. The molecule has 1 aliphatic rings. The summed E-state index contributed by atoms with van der Waals surface area (Å²) in [6, 6.07) is 9.59. The van der Waals surface area contributed by atoms with Crippen LogP contribution in [0.4, 0.5) is 10.2 Å². The molecule has 0 aliphatic carbocycles. The van der Waals surface area contributed by atoms with Gasteiger partial charge >= 0.3 is 0 Å². The van der Waals surface area contributed by atoms with Crippen molar-refractivity contribution in [2.24, 2.45) is 0 Å². The third-order valence-electron chi connectivity index (χ3n) is 5.63. The first-order valence-corrected chi connectivity index (χ1v) is 11.6. The maximum Gasteiger partial charge on any atom is 0.287 e. The first-order valence-electron chi connectivity index (χ1n) is 10.5. The predicted molar refractivity (Wildman–Crippen MR) is 129 cm³/mol. The second kappa shape index (κ2) is 9.03. The van der Waals surface area contributed by atoms with Crippen LogP contribution in [0.25, 0.3) is 10.1 Å². The monoisotopic (exact) mass is 523 g/mol. The number of carbonyl (C=O) groups is 3. The molecule has 1 atom stereocenters. The molecule has 0 unspecified atom stereocenters. The summed E-state index contributed by atoms with van der Waals surface area (Å²) in [5, 5.41) is 17.7. The van der Waals surface area contributed by atoms with E-state index in [9.17, 15) is 24.0 Å². The van der Waals surface area contributed by atoms with E-state index in [1.165, 1.54) is 29.8 Å². The van der Waals surface area contributed by atoms with Crippen molar-refractivity contribution in [2.75, 3.05) is 12.4 Å². The average Bonchev–Trinajstić information content (AvgIpc) is 3.45. The number of amides is 3. The largest absolute Gasteiger partial charge is 0.352 e. The minimum Gasteiger partial charge on any atom is -0.352 e. The number of hydrogen-bond acceptors (Lipinski definition) is 7. The van der Waals surface area contributed by atoms with E-state index in [-0.39, 0.29) is 40.2 Å². The second-order valence-corrected chi connectivity index (χ2v) is 9.02. The fourth-order valence-corrected chi connectivity index (χ4v) is 4.99. The number of fused-ring (bicyclic) bond motifs is 2. The van der Waals surface area contributed by atoms with Gasteiger partial charge in [0.2, 0.25) is 11.7 Å². The van der Waals surface area contributed by atoms with Crippen molar-refractivity contribution in [3.05, 3.63) is 75.6 Å². The van der Waals surface area contributed by atoms with Crippen molar-refractivity contribution >= 4 is 56.8 Å². The van der Waals surface area contributed by atoms with Gasteiger partial charge in [-0.2, -0.15) is 9.64 Å². The molecular formula is C23H15ClFN7O3S. The summed E-state index contributed by atoms with van der Waals surface area (Å²) in [6.45, 7) is -0.254. The molecule has 13 heteroatoms. The number of nitrogens with one attached hydrogen (secondary N) is 3. The minimum atomic E-state index is -1.01. The van der Waals surface area contributed by atoms with E-state index in [0.29, 0.717) is 15.6 Å². The Labute approximate surface area is 211 Å². The van der Waals surface area contributed by atoms with Crippen LogP contribution in [0, 0.1) is 17.1 Å². The number of nitriles is 1. The summed E-state index contributed by atoms with van der Waals surface area (Å²) >= 11 is 7.41. The lowest BCUT2D eigenvalue weighted by atomic mass is 10.0. The highest BCUT2D eigenvalue weighted by molar-refractivity contribution is 7.13. The third kappa shape index (κ3) is 3.94. The number of anilines is 1. The van der Waals surface area contributed by atoms with Crippen LogP contribution in [-0.2, 0) is 11.3 Å². The van der Waals surface area contributed by atoms with Gasteiger partial charge in [-0.15, -0.1) is 0 Å². The quantitative estimate of drug-likeness (QED) is 0.375. The Morgan fingerprint density at radius 2 is 2.08 bits per heavy atom. The molecule has 2 aromatic heterocycles. The predicted octanol–water partition coefficient (Wildman–Crippen LogP) is 2.99. The molecule has 5 rings (SSSR count). The van der Waals surface area contributed by atoms with Gasteiger partial charge in [-0.25, -0.2) is 9.37 Å². The maximum absolute atomic E-state index is 14.1. The smallest absolute Gasteiger partial charge is 0.287 e. The van der Waals surface area contributed by atoms with Crippen molar-refractivity contribution < 1.29 is 18.8 Å². The Bertz CT molecular complexity index is 1620. The molecular weight excluding hydrogens is 509 g/mol. The van der Waals surface area contributed by atoms with Gasteiger partial charge in [0.25, 0.3) is 11.8 Å². The topological polar surface area (TPSA) is 142 Å². The van der Waals surface area contributed by atoms with Crippen LogP contribution in [0.2, 0.25) is 5.02 Å². The minimum absolute atomic E-state index is 0.0264. The Kier molecular flexibility index (Phi) is 5.87. The summed E-state index contributed by atoms with van der Waals surface area (Å²) in [5.74, 6) is -2.41. The van der Waals surface area contributed by atoms with E-state index in [0.717, 1.165) is 11.5 Å². The fraction of sp³-hybridized carbons (Fsp3) is 0.130. The molecule has 4 aromatic rings. The SMILES string of the molecule is CNC(=O)c1nc(NC(=O)c2nsc3ccc(C#N)cc23)c2n1CC(=O)N[C@H]2c1cc(F)ccc1Cl. The number of carbonyl (C=O) groups excluding carboxylic acids is 3. The standard InChI is InChI=1S/C23H15ClFN7O3S/c1-27-23(35)21-29-20(30-22(34)18-13-6-10(8-26)2-5-15(13)36-31-18)19-17(28-16(33)9-32(19)21)12-7-11(25)3-4-14(12)24/h2-7,17H,9H2,1H3,(H,27,35)(H,28,33)(H,30,34)/t17-/m0/s1. The van der Waals surface area contributed by atoms with Gasteiger partial charge in [0.05, 0.1) is 28.1 Å². The Morgan fingerprint density at radius 1 is 1.28 bits per heavy atom. The molecule has 0 fully saturated rings. The number of halogens is 2. The number of benzene rings is 2. The average molecular weight is 524 g/mol. The number of hydrogen-bond donors (Lipinski definition) is 3. The lowest BCUT2D eigenvalue weighted by Gasteiger charge is -2.28. The van der Waals surface area contributed by atoms with Crippen molar-refractivity contribution in [3.63, 3.8) is 0 Å². The first-order chi connectivity index (χ1) is 17.3. The molecule has 3 N–H and O–H groups in total. The fourth-order valence-electron chi connectivity index (χ4n) is 4.01. The van der Waals surface area contributed by atoms with E-state index in [1.54, 1.807) is 18.2 Å². The lowest BCUT2D eigenvalue weighted by Crippen LogP contribution is -2.41. The molecule has 0 saturated carbocycles. The number of nitrogens with zero attached hydrogens (tertiary/aromatic N) is 4. The molecule has 10 nitrogen and oxygen atoms in total. The number of imidazole rings is 1. The Hall–Kier alpha value is -4.34. The van der Waals surface area contributed by atoms with E-state index < -0.39 is 29.6 Å². The molecule has 0 bridgehead atoms. The highest BCUT2D eigenvalue weighted by Crippen LogP contribution is 2.36. The van der Waals surface area contributed by atoms with Gasteiger partial charge in [0.15, 0.2) is 5.82 Å². The van der Waals surface area contributed by atoms with E-state index in [4.69, 9.17) is 11.6 Å². The molecule has 0 saturated heterocycles. The van der Waals surface area contributed by atoms with E-state index >= 15 is 0 Å². The van der Waals surface area contributed by atoms with Crippen LogP contribution in [0.3, 0.4) is 0 Å². The molecule has 0 radical (unpaired) electrons. The first kappa shape index (κ1) is 23.4. The molecule has 180 valence electrons. The van der Waals surface area contributed by atoms with E-state index in [1.807, 2.05) is 6.07 Å². The molecule has 3 amide bonds. The maximum atomic E-state index is 14.1. The van der Waals surface area contributed by atoms with Gasteiger partial charge in [-0.3, -0.25) is 14.4 Å². The molecule has 1 aliphatic heterocycles. The molecule has 3 heterocycles. The second-order valence-electron chi connectivity index (χ2n) is 7.81. The molecule has 36 heavy (non-hydrogen) atoms. The van der Waals surface area contributed by atoms with Gasteiger partial charge < -0.3 is 20.5 Å². The zero-order valence-corrected chi connectivity index (χ0v) is 20.0. The van der Waals surface area contributed by atoms with Crippen LogP contribution in [0.1, 0.15) is 44.0 Å². The molecule has 0 spiro atoms. The van der Waals surface area contributed by atoms with Gasteiger partial charge in [-0.1, -0.05) is 11.6 Å². The summed E-state index contributed by atoms with van der Waals surface area (Å²) in [7, 11) is 1.40. The van der Waals surface area contributed by atoms with Crippen molar-refractivity contribution in [1.82, 2.24) is 24.6 Å². The highest BCUT2D eigenvalue weighted by atomic mass is 35.5. The van der Waals surface area contributed by atoms with Gasteiger partial charge in [-0.05, 0) is 47.9 Å². The molecule has 2 aromatic carbocycles. The van der Waals surface area contributed by atoms with Crippen molar-refractivity contribution in [3.8, 4) is 6.07 Å². The van der Waals surface area contributed by atoms with Crippen LogP contribution in [-0.4, -0.2) is 38.7 Å². The highest BCUT2D eigenvalue weighted by Gasteiger charge is 2.36. The summed E-state index contributed by atoms with van der Waals surface area (Å²) in [4.78, 5) is 42.7. The van der Waals surface area contributed by atoms with E-state index in [2.05, 4.69) is 25.3 Å². The normalized spacial score (nSPS) is 14.6. The van der Waals surface area contributed by atoms with Gasteiger partial charge in [0.1, 0.15) is 18.1 Å². The van der Waals surface area contributed by atoms with Crippen LogP contribution in [0.5, 0.6) is 0 Å². The van der Waals surface area contributed by atoms with Crippen LogP contribution >= 0.6 is 23.1 Å². The zero-order valence-electron chi connectivity index (χ0n) is 18.4. The third-order valence-corrected chi connectivity index (χ3v) is 6.80. The Morgan fingerprint density at radius 3 is 2.83 bits per heavy atom. The van der Waals surface area contributed by atoms with Crippen LogP contribution < -0.4 is 16.0 Å². The number of aromatic nitrogens is 3. The van der Waals surface area contributed by atoms with Crippen molar-refractivity contribution in [2.45, 2.75) is 12.6 Å². The Balaban J connectivity index is 1.64.